The third kappa shape index (κ3) is 3.92. The van der Waals surface area contributed by atoms with Gasteiger partial charge >= 0.3 is 0 Å². The van der Waals surface area contributed by atoms with Crippen LogP contribution >= 0.6 is 0 Å². The van der Waals surface area contributed by atoms with Crippen molar-refractivity contribution in [2.45, 2.75) is 6.92 Å². The third-order valence-electron chi connectivity index (χ3n) is 7.69. The fourth-order valence-corrected chi connectivity index (χ4v) is 5.94. The Morgan fingerprint density at radius 3 is 1.83 bits per heavy atom. The van der Waals surface area contributed by atoms with E-state index < -0.39 is 36.3 Å². The van der Waals surface area contributed by atoms with E-state index in [1.54, 1.807) is 24.3 Å². The van der Waals surface area contributed by atoms with Crippen molar-refractivity contribution in [2.24, 2.45) is 0 Å². The smallest absolute Gasteiger partial charge is 0.111 e. The summed E-state index contributed by atoms with van der Waals surface area (Å²) in [7, 11) is 0. The Hall–Kier alpha value is -5.47. The summed E-state index contributed by atoms with van der Waals surface area (Å²) in [6, 6.07) is 24.1. The highest BCUT2D eigenvalue weighted by Crippen LogP contribution is 2.44. The lowest BCUT2D eigenvalue weighted by Crippen LogP contribution is -1.97. The minimum Gasteiger partial charge on any atom is -0.297 e. The number of para-hydroxylation sites is 2. The monoisotopic (exact) mass is 546 g/mol. The van der Waals surface area contributed by atoms with E-state index in [4.69, 9.17) is 18.7 Å². The van der Waals surface area contributed by atoms with E-state index in [1.165, 1.54) is 0 Å². The summed E-state index contributed by atoms with van der Waals surface area (Å²) >= 11 is 0. The van der Waals surface area contributed by atoms with Gasteiger partial charge in [-0.2, -0.15) is 0 Å². The van der Waals surface area contributed by atoms with E-state index in [2.05, 4.69) is 4.57 Å². The van der Waals surface area contributed by atoms with Gasteiger partial charge in [0.05, 0.1) is 24.7 Å². The lowest BCUT2D eigenvalue weighted by Gasteiger charge is -2.19. The second-order valence-corrected chi connectivity index (χ2v) is 10.1. The molecule has 2 nitrogen and oxygen atoms in total. The predicted octanol–water partition coefficient (Wildman–Crippen LogP) is 10.6. The van der Waals surface area contributed by atoms with Crippen LogP contribution in [0.3, 0.4) is 0 Å². The molecule has 1 aromatic heterocycles. The van der Waals surface area contributed by atoms with E-state index in [-0.39, 0.29) is 35.3 Å². The first-order valence-corrected chi connectivity index (χ1v) is 13.6. The van der Waals surface area contributed by atoms with Crippen LogP contribution in [0.25, 0.3) is 71.6 Å². The Bertz CT molecular complexity index is 2770. The summed E-state index contributed by atoms with van der Waals surface area (Å²) in [5.41, 5.74) is 5.08. The largest absolute Gasteiger partial charge is 0.297 e. The number of imidazole rings is 1. The molecule has 0 fully saturated rings. The number of aromatic nitrogens is 2. The molecule has 2 heteroatoms. The van der Waals surface area contributed by atoms with Gasteiger partial charge in [0.2, 0.25) is 0 Å². The first-order chi connectivity index (χ1) is 24.9. The molecule has 0 aliphatic heterocycles. The van der Waals surface area contributed by atoms with Crippen LogP contribution in [0.15, 0.2) is 151 Å². The van der Waals surface area contributed by atoms with Crippen LogP contribution in [0.2, 0.25) is 0 Å². The molecule has 0 amide bonds. The minimum atomic E-state index is -0.511. The van der Waals surface area contributed by atoms with Gasteiger partial charge in [-0.25, -0.2) is 4.98 Å². The molecule has 0 bridgehead atoms. The predicted molar refractivity (Wildman–Crippen MR) is 177 cm³/mol. The summed E-state index contributed by atoms with van der Waals surface area (Å²) in [5, 5.41) is 2.00. The second-order valence-electron chi connectivity index (χ2n) is 10.1. The Kier molecular flexibility index (Phi) is 3.78. The number of hydrogen-bond donors (Lipinski definition) is 0. The Balaban J connectivity index is 1.51. The Morgan fingerprint density at radius 2 is 1.12 bits per heavy atom. The average molecular weight is 547 g/mol. The van der Waals surface area contributed by atoms with Crippen LogP contribution in [0, 0.1) is 6.92 Å². The van der Waals surface area contributed by atoms with Crippen molar-refractivity contribution in [3.05, 3.63) is 157 Å². The molecular weight excluding hydrogens is 508 g/mol. The molecule has 8 rings (SSSR count). The van der Waals surface area contributed by atoms with Crippen LogP contribution < -0.4 is 0 Å². The molecule has 0 radical (unpaired) electrons. The van der Waals surface area contributed by atoms with Crippen molar-refractivity contribution in [1.82, 2.24) is 9.55 Å². The fourth-order valence-electron chi connectivity index (χ4n) is 5.94. The number of rotatable bonds is 4. The molecule has 0 aliphatic carbocycles. The van der Waals surface area contributed by atoms with Crippen molar-refractivity contribution in [1.29, 1.82) is 0 Å². The molecule has 1 heterocycles. The molecule has 0 atom stereocenters. The summed E-state index contributed by atoms with van der Waals surface area (Å²) in [4.78, 5) is 4.73. The molecule has 0 unspecified atom stereocenters. The highest BCUT2D eigenvalue weighted by Gasteiger charge is 2.17. The summed E-state index contributed by atoms with van der Waals surface area (Å²) in [6.45, 7) is 1.95. The van der Waals surface area contributed by atoms with Gasteiger partial charge in [-0.05, 0) is 92.2 Å². The van der Waals surface area contributed by atoms with Gasteiger partial charge in [0, 0.05) is 5.69 Å². The molecule has 7 aromatic carbocycles. The molecule has 8 aromatic rings. The van der Waals surface area contributed by atoms with Crippen molar-refractivity contribution in [3.63, 3.8) is 0 Å². The molecule has 198 valence electrons. The number of benzene rings is 7. The fraction of sp³-hybridized carbons (Fsp3) is 0.0250. The van der Waals surface area contributed by atoms with E-state index in [0.717, 1.165) is 33.7 Å². The Labute approximate surface area is 259 Å². The number of nitrogens with zero attached hydrogens (tertiary/aromatic N) is 2. The minimum absolute atomic E-state index is 0.00576. The van der Waals surface area contributed by atoms with Gasteiger partial charge in [0.25, 0.3) is 0 Å². The van der Waals surface area contributed by atoms with Crippen molar-refractivity contribution < 1.29 is 13.7 Å². The normalized spacial score (nSPS) is 14.8. The first kappa shape index (κ1) is 16.1. The molecule has 0 spiro atoms. The third-order valence-corrected chi connectivity index (χ3v) is 7.69. The van der Waals surface area contributed by atoms with Gasteiger partial charge in [0.15, 0.2) is 0 Å². The van der Waals surface area contributed by atoms with Gasteiger partial charge in [-0.3, -0.25) is 4.57 Å². The van der Waals surface area contributed by atoms with E-state index in [1.807, 2.05) is 73.7 Å². The van der Waals surface area contributed by atoms with Crippen LogP contribution in [0.5, 0.6) is 0 Å². The quantitative estimate of drug-likeness (QED) is 0.201. The SMILES string of the molecule is [2H]c1c([2H])c([2H])c(-c2c3ccccc3c(-c3c([2H])c([2H])c([2H])c([2H])c3[2H])c3cc(-c4cccc(-n5c(C)nc6ccccc65)c4)ccc23)c([2H])c1[2H]. The maximum Gasteiger partial charge on any atom is 0.111 e. The van der Waals surface area contributed by atoms with Gasteiger partial charge in [-0.1, -0.05) is 121 Å². The van der Waals surface area contributed by atoms with Gasteiger partial charge < -0.3 is 0 Å². The zero-order chi connectivity index (χ0) is 36.7. The molecule has 42 heavy (non-hydrogen) atoms. The Morgan fingerprint density at radius 1 is 0.524 bits per heavy atom. The lowest BCUT2D eigenvalue weighted by molar-refractivity contribution is 1.00. The van der Waals surface area contributed by atoms with Gasteiger partial charge in [0.1, 0.15) is 5.82 Å². The highest BCUT2D eigenvalue weighted by molar-refractivity contribution is 6.21. The zero-order valence-electron chi connectivity index (χ0n) is 32.6. The van der Waals surface area contributed by atoms with Crippen molar-refractivity contribution >= 4 is 32.6 Å². The van der Waals surface area contributed by atoms with Crippen LogP contribution in [0.1, 0.15) is 19.5 Å². The molecule has 0 saturated carbocycles. The summed E-state index contributed by atoms with van der Waals surface area (Å²) in [6.07, 6.45) is 0. The molecule has 0 saturated heterocycles. The zero-order valence-corrected chi connectivity index (χ0v) is 22.6. The summed E-state index contributed by atoms with van der Waals surface area (Å²) in [5.74, 6) is 0.815. The number of fused-ring (bicyclic) bond motifs is 3. The summed E-state index contributed by atoms with van der Waals surface area (Å²) < 4.78 is 88.4. The van der Waals surface area contributed by atoms with Crippen molar-refractivity contribution in [3.8, 4) is 39.1 Å². The first-order valence-electron chi connectivity index (χ1n) is 18.6. The second kappa shape index (κ2) is 9.87. The average Bonchev–Trinajstić information content (AvgIpc) is 3.50. The van der Waals surface area contributed by atoms with Crippen LogP contribution in [0.4, 0.5) is 0 Å². The lowest BCUT2D eigenvalue weighted by atomic mass is 9.85. The van der Waals surface area contributed by atoms with Crippen molar-refractivity contribution in [2.75, 3.05) is 0 Å². The van der Waals surface area contributed by atoms with E-state index in [9.17, 15) is 0 Å². The maximum atomic E-state index is 8.99. The maximum absolute atomic E-state index is 8.99. The van der Waals surface area contributed by atoms with Gasteiger partial charge in [-0.15, -0.1) is 0 Å². The van der Waals surface area contributed by atoms with Crippen LogP contribution in [-0.2, 0) is 0 Å². The standard InChI is InChI=1S/C40H28N2/c1-27-41-37-21-10-11-22-38(37)42(27)32-18-12-17-30(25-32)31-23-24-35-36(26-31)40(29-15-6-3-7-16-29)34-20-9-8-19-33(34)39(35)28-13-4-2-5-14-28/h2-26H,1H3/i2D,3D,4D,5D,6D,7D,13D,14D,15D,16D. The molecule has 0 aliphatic rings. The number of aryl methyl sites for hydroxylation is 1. The topological polar surface area (TPSA) is 17.8 Å². The van der Waals surface area contributed by atoms with E-state index >= 15 is 0 Å². The van der Waals surface area contributed by atoms with Crippen LogP contribution in [-0.4, -0.2) is 9.55 Å². The number of hydrogen-bond acceptors (Lipinski definition) is 1. The van der Waals surface area contributed by atoms with E-state index in [0.29, 0.717) is 32.7 Å². The highest BCUT2D eigenvalue weighted by atomic mass is 15.1. The molecular formula is C40H28N2. The molecule has 0 N–H and O–H groups in total.